The van der Waals surface area contributed by atoms with Gasteiger partial charge in [0.05, 0.1) is 6.42 Å². The van der Waals surface area contributed by atoms with E-state index in [1.165, 1.54) is 35.6 Å². The van der Waals surface area contributed by atoms with E-state index >= 15 is 0 Å². The van der Waals surface area contributed by atoms with Crippen LogP contribution in [0.2, 0.25) is 0 Å². The Morgan fingerprint density at radius 2 is 1.52 bits per heavy atom. The summed E-state index contributed by atoms with van der Waals surface area (Å²) in [5.74, 6) is -0.571. The van der Waals surface area contributed by atoms with Crippen molar-refractivity contribution in [3.05, 3.63) is 82.7 Å². The van der Waals surface area contributed by atoms with Gasteiger partial charge in [0.25, 0.3) is 0 Å². The zero-order chi connectivity index (χ0) is 17.6. The van der Waals surface area contributed by atoms with Crippen LogP contribution in [0, 0.1) is 11.6 Å². The van der Waals surface area contributed by atoms with Crippen LogP contribution >= 0.6 is 11.3 Å². The van der Waals surface area contributed by atoms with Gasteiger partial charge < -0.3 is 5.32 Å². The summed E-state index contributed by atoms with van der Waals surface area (Å²) in [6, 6.07) is 16.4. The number of carbonyl (C=O) groups is 1. The van der Waals surface area contributed by atoms with Crippen molar-refractivity contribution < 1.29 is 13.6 Å². The standard InChI is InChI=1S/C20H17F2NOS/c21-16-5-1-14(2-6-16)11-12-23-20(24)13-18-9-10-19(25-18)15-3-7-17(22)8-4-15/h1-10H,11-13H2,(H,23,24). The molecule has 0 aliphatic heterocycles. The molecular formula is C20H17F2NOS. The number of halogens is 2. The van der Waals surface area contributed by atoms with Crippen molar-refractivity contribution in [1.29, 1.82) is 0 Å². The summed E-state index contributed by atoms with van der Waals surface area (Å²) in [6.45, 7) is 0.515. The molecule has 25 heavy (non-hydrogen) atoms. The zero-order valence-electron chi connectivity index (χ0n) is 13.5. The lowest BCUT2D eigenvalue weighted by Crippen LogP contribution is -2.26. The molecule has 3 rings (SSSR count). The lowest BCUT2D eigenvalue weighted by atomic mass is 10.1. The average Bonchev–Trinajstić information content (AvgIpc) is 3.06. The maximum absolute atomic E-state index is 13.0. The zero-order valence-corrected chi connectivity index (χ0v) is 14.3. The Bertz CT molecular complexity index is 841. The van der Waals surface area contributed by atoms with E-state index in [-0.39, 0.29) is 17.5 Å². The highest BCUT2D eigenvalue weighted by atomic mass is 32.1. The fraction of sp³-hybridized carbons (Fsp3) is 0.150. The maximum atomic E-state index is 13.0. The third-order valence-electron chi connectivity index (χ3n) is 3.77. The van der Waals surface area contributed by atoms with Crippen LogP contribution in [-0.2, 0) is 17.6 Å². The summed E-state index contributed by atoms with van der Waals surface area (Å²) in [5.41, 5.74) is 1.92. The molecule has 0 saturated carbocycles. The molecule has 1 N–H and O–H groups in total. The molecule has 1 heterocycles. The van der Waals surface area contributed by atoms with Gasteiger partial charge in [-0.25, -0.2) is 8.78 Å². The Hall–Kier alpha value is -2.53. The van der Waals surface area contributed by atoms with Gasteiger partial charge in [-0.05, 0) is 53.9 Å². The molecule has 5 heteroatoms. The van der Waals surface area contributed by atoms with Gasteiger partial charge in [0.2, 0.25) is 5.91 Å². The highest BCUT2D eigenvalue weighted by Crippen LogP contribution is 2.28. The van der Waals surface area contributed by atoms with Crippen molar-refractivity contribution in [3.8, 4) is 10.4 Å². The largest absolute Gasteiger partial charge is 0.355 e. The minimum absolute atomic E-state index is 0.0467. The Labute approximate surface area is 149 Å². The summed E-state index contributed by atoms with van der Waals surface area (Å²) in [5, 5.41) is 2.88. The smallest absolute Gasteiger partial charge is 0.225 e. The predicted octanol–water partition coefficient (Wildman–Crippen LogP) is 4.59. The van der Waals surface area contributed by atoms with Crippen LogP contribution in [0.3, 0.4) is 0 Å². The highest BCUT2D eigenvalue weighted by Gasteiger charge is 2.08. The molecule has 0 aliphatic rings. The number of amides is 1. The van der Waals surface area contributed by atoms with E-state index in [1.807, 2.05) is 12.1 Å². The van der Waals surface area contributed by atoms with Gasteiger partial charge in [0, 0.05) is 16.3 Å². The Morgan fingerprint density at radius 1 is 0.880 bits per heavy atom. The molecule has 128 valence electrons. The average molecular weight is 357 g/mol. The van der Waals surface area contributed by atoms with Gasteiger partial charge in [-0.1, -0.05) is 24.3 Å². The van der Waals surface area contributed by atoms with Gasteiger partial charge in [0.1, 0.15) is 11.6 Å². The molecule has 0 radical (unpaired) electrons. The van der Waals surface area contributed by atoms with E-state index < -0.39 is 0 Å². The Kier molecular flexibility index (Phi) is 5.56. The molecule has 0 spiro atoms. The fourth-order valence-electron chi connectivity index (χ4n) is 2.46. The third-order valence-corrected chi connectivity index (χ3v) is 4.91. The molecule has 1 amide bonds. The minimum atomic E-state index is -0.263. The van der Waals surface area contributed by atoms with Crippen LogP contribution in [0.15, 0.2) is 60.7 Å². The normalized spacial score (nSPS) is 10.6. The molecule has 0 fully saturated rings. The van der Waals surface area contributed by atoms with Crippen LogP contribution in [0.1, 0.15) is 10.4 Å². The van der Waals surface area contributed by atoms with Crippen LogP contribution < -0.4 is 5.32 Å². The van der Waals surface area contributed by atoms with E-state index in [0.29, 0.717) is 19.4 Å². The number of nitrogens with one attached hydrogen (secondary N) is 1. The molecule has 2 aromatic carbocycles. The molecule has 0 bridgehead atoms. The van der Waals surface area contributed by atoms with Crippen LogP contribution in [-0.4, -0.2) is 12.5 Å². The topological polar surface area (TPSA) is 29.1 Å². The van der Waals surface area contributed by atoms with Gasteiger partial charge >= 0.3 is 0 Å². The van der Waals surface area contributed by atoms with Gasteiger partial charge in [-0.3, -0.25) is 4.79 Å². The van der Waals surface area contributed by atoms with Crippen molar-refractivity contribution in [2.45, 2.75) is 12.8 Å². The lowest BCUT2D eigenvalue weighted by molar-refractivity contribution is -0.120. The van der Waals surface area contributed by atoms with Crippen LogP contribution in [0.5, 0.6) is 0 Å². The first-order chi connectivity index (χ1) is 12.1. The summed E-state index contributed by atoms with van der Waals surface area (Å²) >= 11 is 1.53. The third kappa shape index (κ3) is 4.97. The van der Waals surface area contributed by atoms with Crippen molar-refractivity contribution in [3.63, 3.8) is 0 Å². The molecule has 0 saturated heterocycles. The molecule has 0 aliphatic carbocycles. The quantitative estimate of drug-likeness (QED) is 0.687. The maximum Gasteiger partial charge on any atom is 0.225 e. The predicted molar refractivity (Wildman–Crippen MR) is 96.5 cm³/mol. The van der Waals surface area contributed by atoms with Gasteiger partial charge in [0.15, 0.2) is 0 Å². The number of benzene rings is 2. The minimum Gasteiger partial charge on any atom is -0.355 e. The number of hydrogen-bond donors (Lipinski definition) is 1. The molecule has 0 atom stereocenters. The van der Waals surface area contributed by atoms with Gasteiger partial charge in [-0.2, -0.15) is 0 Å². The second-order valence-electron chi connectivity index (χ2n) is 5.68. The Balaban J connectivity index is 1.49. The van der Waals surface area contributed by atoms with Crippen molar-refractivity contribution >= 4 is 17.2 Å². The van der Waals surface area contributed by atoms with Crippen molar-refractivity contribution in [1.82, 2.24) is 5.32 Å². The number of carbonyl (C=O) groups excluding carboxylic acids is 1. The molecule has 1 aromatic heterocycles. The SMILES string of the molecule is O=C(Cc1ccc(-c2ccc(F)cc2)s1)NCCc1ccc(F)cc1. The van der Waals surface area contributed by atoms with Crippen molar-refractivity contribution in [2.24, 2.45) is 0 Å². The fourth-order valence-corrected chi connectivity index (χ4v) is 3.47. The van der Waals surface area contributed by atoms with Crippen LogP contribution in [0.25, 0.3) is 10.4 Å². The van der Waals surface area contributed by atoms with Gasteiger partial charge in [-0.15, -0.1) is 11.3 Å². The summed E-state index contributed by atoms with van der Waals surface area (Å²) in [7, 11) is 0. The van der Waals surface area contributed by atoms with Crippen molar-refractivity contribution in [2.75, 3.05) is 6.54 Å². The first-order valence-corrected chi connectivity index (χ1v) is 8.77. The second-order valence-corrected chi connectivity index (χ2v) is 6.84. The molecule has 0 unspecified atom stereocenters. The highest BCUT2D eigenvalue weighted by molar-refractivity contribution is 7.15. The first-order valence-electron chi connectivity index (χ1n) is 7.96. The molecule has 3 aromatic rings. The number of thiophene rings is 1. The second kappa shape index (κ2) is 8.03. The monoisotopic (exact) mass is 357 g/mol. The lowest BCUT2D eigenvalue weighted by Gasteiger charge is -2.04. The van der Waals surface area contributed by atoms with E-state index in [0.717, 1.165) is 20.9 Å². The number of hydrogen-bond acceptors (Lipinski definition) is 2. The summed E-state index contributed by atoms with van der Waals surface area (Å²) in [4.78, 5) is 14.0. The number of rotatable bonds is 6. The van der Waals surface area contributed by atoms with E-state index in [1.54, 1.807) is 24.3 Å². The Morgan fingerprint density at radius 3 is 2.20 bits per heavy atom. The van der Waals surface area contributed by atoms with E-state index in [9.17, 15) is 13.6 Å². The first kappa shape index (κ1) is 17.3. The van der Waals surface area contributed by atoms with E-state index in [4.69, 9.17) is 0 Å². The molecular weight excluding hydrogens is 340 g/mol. The molecule has 2 nitrogen and oxygen atoms in total. The van der Waals surface area contributed by atoms with E-state index in [2.05, 4.69) is 5.32 Å². The summed E-state index contributed by atoms with van der Waals surface area (Å²) < 4.78 is 25.8. The summed E-state index contributed by atoms with van der Waals surface area (Å²) in [6.07, 6.45) is 0.979. The van der Waals surface area contributed by atoms with Crippen LogP contribution in [0.4, 0.5) is 8.78 Å².